The van der Waals surface area contributed by atoms with Crippen molar-refractivity contribution >= 4 is 33.4 Å². The van der Waals surface area contributed by atoms with E-state index >= 15 is 0 Å². The van der Waals surface area contributed by atoms with E-state index in [-0.39, 0.29) is 6.09 Å². The lowest BCUT2D eigenvalue weighted by Gasteiger charge is -2.26. The molecule has 0 aliphatic carbocycles. The van der Waals surface area contributed by atoms with E-state index in [1.807, 2.05) is 12.1 Å². The second kappa shape index (κ2) is 4.10. The molecule has 5 heteroatoms. The fourth-order valence-electron chi connectivity index (χ4n) is 1.48. The number of ether oxygens (including phenoxy) is 1. The molecule has 1 aromatic carbocycles. The van der Waals surface area contributed by atoms with Crippen molar-refractivity contribution in [1.29, 1.82) is 0 Å². The molecule has 1 amide bonds. The number of nitrogens with two attached hydrogens (primary N) is 1. The smallest absolute Gasteiger partial charge is 0.414 e. The van der Waals surface area contributed by atoms with E-state index in [0.29, 0.717) is 18.8 Å². The number of hydrogen-bond donors (Lipinski definition) is 1. The van der Waals surface area contributed by atoms with Crippen molar-refractivity contribution in [2.45, 2.75) is 6.42 Å². The molecule has 2 N–H and O–H groups in total. The summed E-state index contributed by atoms with van der Waals surface area (Å²) < 4.78 is 5.78. The molecule has 0 unspecified atom stereocenters. The van der Waals surface area contributed by atoms with E-state index in [9.17, 15) is 4.79 Å². The zero-order chi connectivity index (χ0) is 10.8. The van der Waals surface area contributed by atoms with Gasteiger partial charge >= 0.3 is 6.09 Å². The molecule has 0 saturated carbocycles. The number of rotatable bonds is 1. The van der Waals surface area contributed by atoms with Crippen LogP contribution < -0.4 is 10.6 Å². The Morgan fingerprint density at radius 2 is 2.27 bits per heavy atom. The van der Waals surface area contributed by atoms with Crippen LogP contribution in [0.2, 0.25) is 0 Å². The maximum absolute atomic E-state index is 11.4. The molecular formula is C10H11BrN2O2. The number of halogens is 1. The van der Waals surface area contributed by atoms with Gasteiger partial charge in [-0.15, -0.1) is 0 Å². The molecule has 1 aromatic rings. The van der Waals surface area contributed by atoms with Crippen LogP contribution in [0.15, 0.2) is 22.7 Å². The van der Waals surface area contributed by atoms with Crippen molar-refractivity contribution in [3.63, 3.8) is 0 Å². The first-order chi connectivity index (χ1) is 7.18. The minimum absolute atomic E-state index is 0.303. The molecule has 0 atom stereocenters. The molecule has 80 valence electrons. The van der Waals surface area contributed by atoms with Gasteiger partial charge < -0.3 is 10.5 Å². The summed E-state index contributed by atoms with van der Waals surface area (Å²) in [5, 5.41) is 0. The topological polar surface area (TPSA) is 55.6 Å². The first-order valence-electron chi connectivity index (χ1n) is 4.68. The van der Waals surface area contributed by atoms with Crippen LogP contribution in [0.4, 0.5) is 16.2 Å². The van der Waals surface area contributed by atoms with Gasteiger partial charge in [-0.25, -0.2) is 4.79 Å². The maximum atomic E-state index is 11.4. The van der Waals surface area contributed by atoms with Crippen LogP contribution in [0.1, 0.15) is 6.42 Å². The highest BCUT2D eigenvalue weighted by Gasteiger charge is 2.21. The zero-order valence-corrected chi connectivity index (χ0v) is 9.66. The van der Waals surface area contributed by atoms with Crippen LogP contribution in [0.3, 0.4) is 0 Å². The fraction of sp³-hybridized carbons (Fsp3) is 0.300. The number of hydrogen-bond acceptors (Lipinski definition) is 3. The van der Waals surface area contributed by atoms with Crippen LogP contribution in [-0.4, -0.2) is 19.2 Å². The maximum Gasteiger partial charge on any atom is 0.414 e. The van der Waals surface area contributed by atoms with Crippen molar-refractivity contribution < 1.29 is 9.53 Å². The molecule has 0 radical (unpaired) electrons. The third-order valence-electron chi connectivity index (χ3n) is 2.26. The molecule has 15 heavy (non-hydrogen) atoms. The quantitative estimate of drug-likeness (QED) is 0.798. The molecule has 1 aliphatic rings. The first kappa shape index (κ1) is 10.3. The molecule has 0 aromatic heterocycles. The van der Waals surface area contributed by atoms with Gasteiger partial charge in [0.1, 0.15) is 0 Å². The van der Waals surface area contributed by atoms with Crippen molar-refractivity contribution in [3.8, 4) is 0 Å². The van der Waals surface area contributed by atoms with Gasteiger partial charge in [-0.1, -0.05) is 0 Å². The number of amides is 1. The van der Waals surface area contributed by atoms with Gasteiger partial charge in [-0.3, -0.25) is 4.90 Å². The number of nitrogen functional groups attached to an aromatic ring is 1. The lowest BCUT2D eigenvalue weighted by molar-refractivity contribution is 0.140. The normalized spacial score (nSPS) is 16.3. The third-order valence-corrected chi connectivity index (χ3v) is 2.99. The summed E-state index contributed by atoms with van der Waals surface area (Å²) in [6, 6.07) is 5.43. The Morgan fingerprint density at radius 3 is 2.93 bits per heavy atom. The highest BCUT2D eigenvalue weighted by atomic mass is 79.9. The number of carbonyl (C=O) groups is 1. The lowest BCUT2D eigenvalue weighted by Crippen LogP contribution is -2.37. The second-order valence-electron chi connectivity index (χ2n) is 3.33. The molecule has 1 heterocycles. The Bertz CT molecular complexity index is 395. The molecule has 0 spiro atoms. The van der Waals surface area contributed by atoms with E-state index < -0.39 is 0 Å². The fourth-order valence-corrected chi connectivity index (χ4v) is 1.73. The standard InChI is InChI=1S/C10H11BrN2O2/c11-8-3-2-7(6-9(8)12)13-4-1-5-15-10(13)14/h2-3,6H,1,4-5,12H2. The Balaban J connectivity index is 2.28. The highest BCUT2D eigenvalue weighted by molar-refractivity contribution is 9.10. The van der Waals surface area contributed by atoms with Gasteiger partial charge in [0.2, 0.25) is 0 Å². The summed E-state index contributed by atoms with van der Waals surface area (Å²) in [5.41, 5.74) is 7.14. The van der Waals surface area contributed by atoms with Crippen LogP contribution in [0, 0.1) is 0 Å². The average Bonchev–Trinajstić information content (AvgIpc) is 2.23. The Kier molecular flexibility index (Phi) is 2.81. The van der Waals surface area contributed by atoms with E-state index in [0.717, 1.165) is 16.6 Å². The van der Waals surface area contributed by atoms with Crippen LogP contribution in [0.5, 0.6) is 0 Å². The molecule has 0 bridgehead atoms. The average molecular weight is 271 g/mol. The van der Waals surface area contributed by atoms with Gasteiger partial charge in [0.15, 0.2) is 0 Å². The van der Waals surface area contributed by atoms with Crippen molar-refractivity contribution in [3.05, 3.63) is 22.7 Å². The van der Waals surface area contributed by atoms with Gasteiger partial charge in [-0.2, -0.15) is 0 Å². The van der Waals surface area contributed by atoms with E-state index in [2.05, 4.69) is 15.9 Å². The highest BCUT2D eigenvalue weighted by Crippen LogP contribution is 2.26. The van der Waals surface area contributed by atoms with Crippen LogP contribution in [0.25, 0.3) is 0 Å². The van der Waals surface area contributed by atoms with Gasteiger partial charge in [0.25, 0.3) is 0 Å². The predicted octanol–water partition coefficient (Wildman–Crippen LogP) is 2.38. The van der Waals surface area contributed by atoms with Gasteiger partial charge in [0.05, 0.1) is 6.61 Å². The molecule has 1 fully saturated rings. The molecular weight excluding hydrogens is 260 g/mol. The number of cyclic esters (lactones) is 1. The van der Waals surface area contributed by atoms with E-state index in [4.69, 9.17) is 10.5 Å². The zero-order valence-electron chi connectivity index (χ0n) is 8.07. The summed E-state index contributed by atoms with van der Waals surface area (Å²) >= 11 is 3.31. The summed E-state index contributed by atoms with van der Waals surface area (Å²) in [6.07, 6.45) is 0.546. The SMILES string of the molecule is Nc1cc(N2CCCOC2=O)ccc1Br. The number of nitrogens with zero attached hydrogens (tertiary/aromatic N) is 1. The Labute approximate surface area is 96.1 Å². The van der Waals surface area contributed by atoms with Crippen molar-refractivity contribution in [2.24, 2.45) is 0 Å². The number of benzene rings is 1. The van der Waals surface area contributed by atoms with Gasteiger partial charge in [0, 0.05) is 22.4 Å². The summed E-state index contributed by atoms with van der Waals surface area (Å²) in [4.78, 5) is 13.0. The first-order valence-corrected chi connectivity index (χ1v) is 5.47. The minimum atomic E-state index is -0.303. The van der Waals surface area contributed by atoms with Crippen LogP contribution >= 0.6 is 15.9 Å². The monoisotopic (exact) mass is 270 g/mol. The van der Waals surface area contributed by atoms with Crippen molar-refractivity contribution in [2.75, 3.05) is 23.8 Å². The van der Waals surface area contributed by atoms with E-state index in [1.54, 1.807) is 11.0 Å². The molecule has 1 saturated heterocycles. The molecule has 1 aliphatic heterocycles. The number of carbonyl (C=O) groups excluding carboxylic acids is 1. The number of anilines is 2. The molecule has 2 rings (SSSR count). The minimum Gasteiger partial charge on any atom is -0.449 e. The van der Waals surface area contributed by atoms with Crippen molar-refractivity contribution in [1.82, 2.24) is 0 Å². The predicted molar refractivity (Wildman–Crippen MR) is 61.9 cm³/mol. The summed E-state index contributed by atoms with van der Waals surface area (Å²) in [5.74, 6) is 0. The lowest BCUT2D eigenvalue weighted by atomic mass is 10.2. The Morgan fingerprint density at radius 1 is 1.47 bits per heavy atom. The van der Waals surface area contributed by atoms with Crippen LogP contribution in [-0.2, 0) is 4.74 Å². The van der Waals surface area contributed by atoms with E-state index in [1.165, 1.54) is 0 Å². The second-order valence-corrected chi connectivity index (χ2v) is 4.18. The summed E-state index contributed by atoms with van der Waals surface area (Å²) in [7, 11) is 0. The third kappa shape index (κ3) is 2.07. The Hall–Kier alpha value is -1.23. The molecule has 4 nitrogen and oxygen atoms in total. The van der Waals surface area contributed by atoms with Gasteiger partial charge in [-0.05, 0) is 40.5 Å². The largest absolute Gasteiger partial charge is 0.449 e. The summed E-state index contributed by atoms with van der Waals surface area (Å²) in [6.45, 7) is 1.18.